The summed E-state index contributed by atoms with van der Waals surface area (Å²) in [5.74, 6) is -0.339. The van der Waals surface area contributed by atoms with E-state index < -0.39 is 22.8 Å². The van der Waals surface area contributed by atoms with Gasteiger partial charge in [-0.3, -0.25) is 9.59 Å². The Morgan fingerprint density at radius 3 is 1.86 bits per heavy atom. The third-order valence-electron chi connectivity index (χ3n) is 8.72. The summed E-state index contributed by atoms with van der Waals surface area (Å²) >= 11 is 0. The molecule has 44 heavy (non-hydrogen) atoms. The van der Waals surface area contributed by atoms with Gasteiger partial charge in [-0.2, -0.15) is 0 Å². The van der Waals surface area contributed by atoms with Crippen molar-refractivity contribution in [3.05, 3.63) is 46.5 Å². The van der Waals surface area contributed by atoms with Crippen LogP contribution in [0.2, 0.25) is 0 Å². The summed E-state index contributed by atoms with van der Waals surface area (Å²) in [7, 11) is 5.81. The molecule has 10 nitrogen and oxygen atoms in total. The Kier molecular flexibility index (Phi) is 6.71. The van der Waals surface area contributed by atoms with Crippen molar-refractivity contribution in [1.29, 1.82) is 0 Å². The van der Waals surface area contributed by atoms with E-state index in [9.17, 15) is 30.0 Å². The minimum Gasteiger partial charge on any atom is -0.506 e. The Labute approximate surface area is 253 Å². The van der Waals surface area contributed by atoms with Crippen molar-refractivity contribution in [2.45, 2.75) is 50.7 Å². The Balaban J connectivity index is 1.84. The maximum Gasteiger partial charge on any atom is 0.169 e. The van der Waals surface area contributed by atoms with Gasteiger partial charge in [0.25, 0.3) is 0 Å². The molecule has 4 aromatic carbocycles. The molecule has 0 aromatic heterocycles. The number of rotatable bonds is 5. The molecule has 4 aromatic rings. The average Bonchev–Trinajstić information content (AvgIpc) is 2.94. The van der Waals surface area contributed by atoms with Crippen molar-refractivity contribution in [3.63, 3.8) is 0 Å². The van der Waals surface area contributed by atoms with Crippen LogP contribution in [-0.4, -0.2) is 71.6 Å². The van der Waals surface area contributed by atoms with Gasteiger partial charge in [0.15, 0.2) is 11.6 Å². The fourth-order valence-corrected chi connectivity index (χ4v) is 7.01. The smallest absolute Gasteiger partial charge is 0.169 e. The molecule has 0 aliphatic heterocycles. The molecule has 0 radical (unpaired) electrons. The van der Waals surface area contributed by atoms with E-state index in [0.717, 1.165) is 0 Å². The van der Waals surface area contributed by atoms with E-state index in [0.29, 0.717) is 44.5 Å². The van der Waals surface area contributed by atoms with Gasteiger partial charge >= 0.3 is 0 Å². The number of Topliss-reactive ketones (excluding diaryl/α,β-unsaturated/α-hetero) is 2. The molecule has 6 rings (SSSR count). The van der Waals surface area contributed by atoms with E-state index in [1.54, 1.807) is 38.1 Å². The van der Waals surface area contributed by atoms with E-state index in [2.05, 4.69) is 0 Å². The molecule has 0 bridgehead atoms. The number of phenolic OH excluding ortho intramolecular Hbond substituents is 2. The van der Waals surface area contributed by atoms with Crippen molar-refractivity contribution in [1.82, 2.24) is 0 Å². The average molecular weight is 603 g/mol. The van der Waals surface area contributed by atoms with Gasteiger partial charge < -0.3 is 39.4 Å². The lowest BCUT2D eigenvalue weighted by molar-refractivity contribution is 0.0396. The second kappa shape index (κ2) is 10.0. The van der Waals surface area contributed by atoms with E-state index in [4.69, 9.17) is 18.9 Å². The second-order valence-corrected chi connectivity index (χ2v) is 12.2. The van der Waals surface area contributed by atoms with Gasteiger partial charge in [0.2, 0.25) is 0 Å². The topological polar surface area (TPSA) is 152 Å². The molecule has 10 heteroatoms. The lowest BCUT2D eigenvalue weighted by Gasteiger charge is -2.33. The number of hydrogen-bond donors (Lipinski definition) is 4. The molecule has 230 valence electrons. The number of ketones is 2. The van der Waals surface area contributed by atoms with E-state index in [1.807, 2.05) is 0 Å². The van der Waals surface area contributed by atoms with Crippen molar-refractivity contribution < 1.29 is 49.0 Å². The predicted molar refractivity (Wildman–Crippen MR) is 163 cm³/mol. The van der Waals surface area contributed by atoms with Crippen LogP contribution in [0.25, 0.3) is 32.7 Å². The molecule has 0 heterocycles. The number of fused-ring (bicyclic) bond motifs is 4. The number of carbonyl (C=O) groups excluding carboxylic acids is 2. The number of carbonyl (C=O) groups is 2. The first-order valence-electron chi connectivity index (χ1n) is 14.1. The first-order chi connectivity index (χ1) is 20.8. The van der Waals surface area contributed by atoms with Gasteiger partial charge in [-0.25, -0.2) is 0 Å². The maximum atomic E-state index is 13.6. The lowest BCUT2D eigenvalue weighted by atomic mass is 9.74. The molecule has 2 aliphatic rings. The number of benzene rings is 4. The predicted octanol–water partition coefficient (Wildman–Crippen LogP) is 4.87. The number of hydrogen-bond acceptors (Lipinski definition) is 10. The zero-order valence-corrected chi connectivity index (χ0v) is 25.4. The maximum absolute atomic E-state index is 13.6. The highest BCUT2D eigenvalue weighted by molar-refractivity contribution is 6.18. The van der Waals surface area contributed by atoms with Gasteiger partial charge in [-0.05, 0) is 48.6 Å². The molecule has 2 atom stereocenters. The van der Waals surface area contributed by atoms with Crippen LogP contribution in [0.3, 0.4) is 0 Å². The molecular weight excluding hydrogens is 568 g/mol. The number of aromatic hydroxyl groups is 2. The molecular formula is C34H34O10. The van der Waals surface area contributed by atoms with Crippen molar-refractivity contribution in [2.24, 2.45) is 0 Å². The fourth-order valence-electron chi connectivity index (χ4n) is 7.01. The van der Waals surface area contributed by atoms with Crippen LogP contribution in [-0.2, 0) is 12.8 Å². The van der Waals surface area contributed by atoms with Crippen molar-refractivity contribution in [2.75, 3.05) is 28.4 Å². The van der Waals surface area contributed by atoms with Gasteiger partial charge in [0.1, 0.15) is 34.5 Å². The van der Waals surface area contributed by atoms with E-state index in [-0.39, 0.29) is 70.6 Å². The van der Waals surface area contributed by atoms with Gasteiger partial charge in [-0.1, -0.05) is 0 Å². The van der Waals surface area contributed by atoms with Gasteiger partial charge in [0, 0.05) is 42.7 Å². The molecule has 0 saturated carbocycles. The first kappa shape index (κ1) is 29.5. The third kappa shape index (κ3) is 4.31. The highest BCUT2D eigenvalue weighted by Gasteiger charge is 2.41. The van der Waals surface area contributed by atoms with Crippen molar-refractivity contribution in [3.8, 4) is 45.6 Å². The van der Waals surface area contributed by atoms with Gasteiger partial charge in [0.05, 0.1) is 67.1 Å². The highest BCUT2D eigenvalue weighted by Crippen LogP contribution is 2.56. The molecule has 0 spiro atoms. The van der Waals surface area contributed by atoms with Crippen LogP contribution in [0.4, 0.5) is 0 Å². The summed E-state index contributed by atoms with van der Waals surface area (Å²) in [6.45, 7) is 3.13. The van der Waals surface area contributed by atoms with Gasteiger partial charge in [-0.15, -0.1) is 0 Å². The standard InChI is InChI=1S/C34H34O10/c1-33(39)11-16-7-15-8-22(42-4)29(32(44-6)25(15)30(37)24(16)20(35)13-33)26-18-9-17(41-3)10-23(43-5)28(18)31(38)27-19(26)12-34(2,40)14-21(27)36/h7-10,37-40H,11-14H2,1-6H3/t33-,34-/m0/s1. The second-order valence-electron chi connectivity index (χ2n) is 12.2. The van der Waals surface area contributed by atoms with Crippen molar-refractivity contribution >= 4 is 33.1 Å². The van der Waals surface area contributed by atoms with Crippen LogP contribution in [0.1, 0.15) is 58.5 Å². The minimum atomic E-state index is -1.43. The van der Waals surface area contributed by atoms with Crippen LogP contribution >= 0.6 is 0 Å². The molecule has 4 N–H and O–H groups in total. The van der Waals surface area contributed by atoms with E-state index in [1.165, 1.54) is 28.4 Å². The summed E-state index contributed by atoms with van der Waals surface area (Å²) in [5, 5.41) is 46.5. The summed E-state index contributed by atoms with van der Waals surface area (Å²) in [6, 6.07) is 6.69. The molecule has 2 aliphatic carbocycles. The Morgan fingerprint density at radius 1 is 0.636 bits per heavy atom. The summed E-state index contributed by atoms with van der Waals surface area (Å²) < 4.78 is 23.1. The molecule has 0 saturated heterocycles. The Hall–Kier alpha value is -4.54. The van der Waals surface area contributed by atoms with Crippen LogP contribution in [0.15, 0.2) is 24.3 Å². The summed E-state index contributed by atoms with van der Waals surface area (Å²) in [4.78, 5) is 26.7. The third-order valence-corrected chi connectivity index (χ3v) is 8.72. The largest absolute Gasteiger partial charge is 0.506 e. The quantitative estimate of drug-likeness (QED) is 0.249. The molecule has 0 unspecified atom stereocenters. The number of ether oxygens (including phenoxy) is 4. The zero-order chi connectivity index (χ0) is 31.9. The lowest BCUT2D eigenvalue weighted by Crippen LogP contribution is -2.36. The Bertz CT molecular complexity index is 1920. The van der Waals surface area contributed by atoms with Crippen LogP contribution < -0.4 is 18.9 Å². The zero-order valence-electron chi connectivity index (χ0n) is 25.4. The highest BCUT2D eigenvalue weighted by atomic mass is 16.5. The number of methoxy groups -OCH3 is 4. The summed E-state index contributed by atoms with van der Waals surface area (Å²) in [5.41, 5.74) is -0.955. The van der Waals surface area contributed by atoms with Crippen LogP contribution in [0, 0.1) is 0 Å². The summed E-state index contributed by atoms with van der Waals surface area (Å²) in [6.07, 6.45) is -0.198. The monoisotopic (exact) mass is 602 g/mol. The number of aliphatic hydroxyl groups is 2. The fraction of sp³-hybridized carbons (Fsp3) is 0.353. The Morgan fingerprint density at radius 2 is 1.25 bits per heavy atom. The van der Waals surface area contributed by atoms with Crippen LogP contribution in [0.5, 0.6) is 34.5 Å². The molecule has 0 fully saturated rings. The van der Waals surface area contributed by atoms with E-state index >= 15 is 0 Å². The normalized spacial score (nSPS) is 21.3. The SMILES string of the molecule is COc1cc(OC)c2c(O)c3c(c(-c4c(OC)cc5cc6c(c(O)c5c4OC)C(=O)C[C@@](C)(O)C6)c2c1)C[C@](C)(O)CC3=O. The first-order valence-corrected chi connectivity index (χ1v) is 14.1. The minimum absolute atomic E-state index is 0.000512. The molecule has 0 amide bonds. The number of phenols is 2.